The first-order valence-electron chi connectivity index (χ1n) is 18.8. The van der Waals surface area contributed by atoms with E-state index >= 15 is 0 Å². The quantitative estimate of drug-likeness (QED) is 0.457. The standard InChI is InChI=1S/C38H50F2N6O4S/c1-24-31-20-34(48)45-16-11-27(17-33(47)41-21-25-5-3-2-4-6-25)28(22-45)18-35(49)46-23-30(42-29-7-12-38(39,40)13-8-29)19-32(46)37(50)44-14-9-26(10-15-44)36(43-31)51-24/h2-6,26-30,32,42H,7-23H2,1H3,(H,41,47)/t27-,28-,30-,32-/m0/s1. The lowest BCUT2D eigenvalue weighted by atomic mass is 9.80. The zero-order chi connectivity index (χ0) is 35.7. The molecule has 13 heteroatoms. The SMILES string of the molecule is Cc1sc2nc1CC(=O)N1CC[C@@H](CC(=O)NCc3ccccc3)[C@@H](CC(=O)N3C[C@@H](NC4CCC(F)(F)CC4)C[C@H]3C(=O)N3CCC2CC3)C1. The summed E-state index contributed by atoms with van der Waals surface area (Å²) in [5.41, 5.74) is 1.81. The summed E-state index contributed by atoms with van der Waals surface area (Å²) in [5, 5.41) is 7.59. The zero-order valence-electron chi connectivity index (χ0n) is 29.5. The summed E-state index contributed by atoms with van der Waals surface area (Å²) in [7, 11) is 0. The molecule has 6 heterocycles. The van der Waals surface area contributed by atoms with E-state index in [1.807, 2.05) is 47.1 Å². The monoisotopic (exact) mass is 724 g/mol. The van der Waals surface area contributed by atoms with Crippen LogP contribution in [0, 0.1) is 18.8 Å². The van der Waals surface area contributed by atoms with E-state index in [0.717, 1.165) is 34.0 Å². The Labute approximate surface area is 302 Å². The first-order valence-corrected chi connectivity index (χ1v) is 19.6. The van der Waals surface area contributed by atoms with Gasteiger partial charge in [0, 0.05) is 87.8 Å². The third kappa shape index (κ3) is 8.45. The second-order valence-corrected chi connectivity index (χ2v) is 16.7. The van der Waals surface area contributed by atoms with Crippen molar-refractivity contribution in [1.82, 2.24) is 30.3 Å². The van der Waals surface area contributed by atoms with Crippen LogP contribution in [0.25, 0.3) is 0 Å². The molecule has 51 heavy (non-hydrogen) atoms. The summed E-state index contributed by atoms with van der Waals surface area (Å²) in [4.78, 5) is 67.0. The van der Waals surface area contributed by atoms with Gasteiger partial charge in [-0.05, 0) is 62.8 Å². The number of alkyl halides is 2. The molecule has 4 amide bonds. The Morgan fingerprint density at radius 1 is 0.941 bits per heavy atom. The molecule has 3 saturated heterocycles. The van der Waals surface area contributed by atoms with E-state index < -0.39 is 12.0 Å². The minimum absolute atomic E-state index is 0.0185. The molecule has 0 spiro atoms. The van der Waals surface area contributed by atoms with Gasteiger partial charge in [-0.2, -0.15) is 0 Å². The molecule has 6 aliphatic rings. The van der Waals surface area contributed by atoms with Crippen molar-refractivity contribution in [3.63, 3.8) is 0 Å². The fourth-order valence-electron chi connectivity index (χ4n) is 8.86. The topological polar surface area (TPSA) is 115 Å². The van der Waals surface area contributed by atoms with E-state index in [-0.39, 0.29) is 85.6 Å². The average molecular weight is 725 g/mol. The number of carbonyl (C=O) groups excluding carboxylic acids is 4. The van der Waals surface area contributed by atoms with Crippen molar-refractivity contribution in [2.24, 2.45) is 11.8 Å². The molecule has 0 radical (unpaired) electrons. The smallest absolute Gasteiger partial charge is 0.248 e. The highest BCUT2D eigenvalue weighted by atomic mass is 32.1. The van der Waals surface area contributed by atoms with Crippen molar-refractivity contribution in [1.29, 1.82) is 0 Å². The summed E-state index contributed by atoms with van der Waals surface area (Å²) < 4.78 is 27.8. The van der Waals surface area contributed by atoms with Gasteiger partial charge < -0.3 is 25.3 Å². The molecule has 5 aliphatic heterocycles. The third-order valence-electron chi connectivity index (χ3n) is 11.9. The van der Waals surface area contributed by atoms with Crippen LogP contribution in [0.2, 0.25) is 0 Å². The van der Waals surface area contributed by atoms with Crippen LogP contribution in [-0.2, 0) is 32.1 Å². The first kappa shape index (κ1) is 35.9. The normalized spacial score (nSPS) is 27.8. The Morgan fingerprint density at radius 3 is 2.41 bits per heavy atom. The van der Waals surface area contributed by atoms with Gasteiger partial charge in [-0.3, -0.25) is 19.2 Å². The van der Waals surface area contributed by atoms with Crippen LogP contribution < -0.4 is 10.6 Å². The Bertz CT molecular complexity index is 1590. The molecular weight excluding hydrogens is 675 g/mol. The number of nitrogens with zero attached hydrogens (tertiary/aromatic N) is 4. The van der Waals surface area contributed by atoms with Gasteiger partial charge in [-0.15, -0.1) is 11.3 Å². The lowest BCUT2D eigenvalue weighted by Gasteiger charge is -2.39. The fraction of sp³-hybridized carbons (Fsp3) is 0.658. The summed E-state index contributed by atoms with van der Waals surface area (Å²) in [6.07, 6.45) is 3.55. The maximum absolute atomic E-state index is 14.4. The Morgan fingerprint density at radius 2 is 1.67 bits per heavy atom. The lowest BCUT2D eigenvalue weighted by Crippen LogP contribution is -2.51. The highest BCUT2D eigenvalue weighted by Crippen LogP contribution is 2.37. The van der Waals surface area contributed by atoms with Crippen molar-refractivity contribution in [3.05, 3.63) is 51.5 Å². The minimum atomic E-state index is -2.63. The van der Waals surface area contributed by atoms with E-state index in [2.05, 4.69) is 10.6 Å². The number of amides is 4. The number of nitrogens with one attached hydrogen (secondary N) is 2. The summed E-state index contributed by atoms with van der Waals surface area (Å²) in [6.45, 7) is 4.76. The molecule has 1 aromatic heterocycles. The zero-order valence-corrected chi connectivity index (χ0v) is 30.3. The number of hydrogen-bond donors (Lipinski definition) is 2. The van der Waals surface area contributed by atoms with Gasteiger partial charge in [-0.25, -0.2) is 13.8 Å². The van der Waals surface area contributed by atoms with Crippen LogP contribution in [0.4, 0.5) is 8.78 Å². The Balaban J connectivity index is 1.12. The van der Waals surface area contributed by atoms with Crippen LogP contribution in [-0.4, -0.2) is 100 Å². The van der Waals surface area contributed by atoms with Crippen molar-refractivity contribution in [2.75, 3.05) is 32.7 Å². The molecule has 276 valence electrons. The number of piperidine rings is 2. The summed E-state index contributed by atoms with van der Waals surface area (Å²) >= 11 is 1.65. The molecule has 4 atom stereocenters. The van der Waals surface area contributed by atoms with E-state index in [9.17, 15) is 28.0 Å². The average Bonchev–Trinajstić information content (AvgIpc) is 3.72. The van der Waals surface area contributed by atoms with Crippen LogP contribution in [0.15, 0.2) is 30.3 Å². The summed E-state index contributed by atoms with van der Waals surface area (Å²) in [5.74, 6) is -3.12. The van der Waals surface area contributed by atoms with Crippen molar-refractivity contribution in [2.45, 2.75) is 114 Å². The van der Waals surface area contributed by atoms with Gasteiger partial charge in [0.1, 0.15) is 6.04 Å². The molecule has 0 unspecified atom stereocenters. The minimum Gasteiger partial charge on any atom is -0.352 e. The predicted octanol–water partition coefficient (Wildman–Crippen LogP) is 4.41. The number of aryl methyl sites for hydroxylation is 1. The molecule has 6 bridgehead atoms. The van der Waals surface area contributed by atoms with Crippen LogP contribution in [0.3, 0.4) is 0 Å². The molecule has 8 rings (SSSR count). The van der Waals surface area contributed by atoms with Crippen LogP contribution in [0.1, 0.15) is 91.3 Å². The van der Waals surface area contributed by atoms with Gasteiger partial charge >= 0.3 is 0 Å². The number of hydrogen-bond acceptors (Lipinski definition) is 7. The maximum Gasteiger partial charge on any atom is 0.248 e. The fourth-order valence-corrected chi connectivity index (χ4v) is 9.97. The van der Waals surface area contributed by atoms with Crippen LogP contribution in [0.5, 0.6) is 0 Å². The van der Waals surface area contributed by atoms with Gasteiger partial charge in [0.2, 0.25) is 29.6 Å². The second kappa shape index (κ2) is 15.3. The third-order valence-corrected chi connectivity index (χ3v) is 13.1. The molecule has 10 nitrogen and oxygen atoms in total. The van der Waals surface area contributed by atoms with Gasteiger partial charge in [-0.1, -0.05) is 30.3 Å². The number of carbonyl (C=O) groups is 4. The Hall–Kier alpha value is -3.45. The maximum atomic E-state index is 14.4. The largest absolute Gasteiger partial charge is 0.352 e. The second-order valence-electron chi connectivity index (χ2n) is 15.4. The number of halogens is 2. The van der Waals surface area contributed by atoms with Gasteiger partial charge in [0.05, 0.1) is 17.1 Å². The molecule has 4 fully saturated rings. The van der Waals surface area contributed by atoms with Crippen LogP contribution >= 0.6 is 11.3 Å². The number of benzene rings is 1. The number of fused-ring (bicyclic) bond motifs is 4. The lowest BCUT2D eigenvalue weighted by molar-refractivity contribution is -0.146. The van der Waals surface area contributed by atoms with E-state index in [0.29, 0.717) is 65.0 Å². The molecule has 2 N–H and O–H groups in total. The number of rotatable bonds is 6. The molecular formula is C38H50F2N6O4S. The van der Waals surface area contributed by atoms with E-state index in [1.54, 1.807) is 16.2 Å². The van der Waals surface area contributed by atoms with E-state index in [4.69, 9.17) is 4.98 Å². The van der Waals surface area contributed by atoms with Gasteiger partial charge in [0.15, 0.2) is 0 Å². The van der Waals surface area contributed by atoms with Crippen molar-refractivity contribution < 1.29 is 28.0 Å². The number of aromatic nitrogens is 1. The molecule has 1 aliphatic carbocycles. The van der Waals surface area contributed by atoms with Crippen molar-refractivity contribution in [3.8, 4) is 0 Å². The molecule has 1 saturated carbocycles. The number of thiazole rings is 1. The Kier molecular flexibility index (Phi) is 10.8. The highest BCUT2D eigenvalue weighted by Gasteiger charge is 2.45. The predicted molar refractivity (Wildman–Crippen MR) is 189 cm³/mol. The molecule has 2 aromatic rings. The molecule has 1 aromatic carbocycles. The summed E-state index contributed by atoms with van der Waals surface area (Å²) in [6, 6.07) is 8.81. The highest BCUT2D eigenvalue weighted by molar-refractivity contribution is 7.11. The van der Waals surface area contributed by atoms with Crippen molar-refractivity contribution >= 4 is 35.0 Å². The first-order chi connectivity index (χ1) is 24.5. The van der Waals surface area contributed by atoms with Gasteiger partial charge in [0.25, 0.3) is 0 Å². The van der Waals surface area contributed by atoms with E-state index in [1.165, 1.54) is 0 Å².